The van der Waals surface area contributed by atoms with Crippen LogP contribution in [0.5, 0.6) is 0 Å². The van der Waals surface area contributed by atoms with Crippen molar-refractivity contribution in [3.63, 3.8) is 0 Å². The number of sulfonamides is 1. The summed E-state index contributed by atoms with van der Waals surface area (Å²) in [5.41, 5.74) is 1.06. The van der Waals surface area contributed by atoms with Gasteiger partial charge < -0.3 is 5.32 Å². The van der Waals surface area contributed by atoms with Gasteiger partial charge in [-0.25, -0.2) is 8.42 Å². The van der Waals surface area contributed by atoms with Crippen molar-refractivity contribution in [3.05, 3.63) is 28.2 Å². The van der Waals surface area contributed by atoms with Crippen molar-refractivity contribution in [2.45, 2.75) is 56.6 Å². The summed E-state index contributed by atoms with van der Waals surface area (Å²) >= 11 is 3.43. The van der Waals surface area contributed by atoms with E-state index in [1.165, 1.54) is 0 Å². The highest BCUT2D eigenvalue weighted by Gasteiger charge is 2.39. The molecule has 0 radical (unpaired) electrons. The molecule has 2 atom stereocenters. The molecule has 2 rings (SSSR count). The summed E-state index contributed by atoms with van der Waals surface area (Å²) in [4.78, 5) is 0.370. The van der Waals surface area contributed by atoms with E-state index < -0.39 is 10.0 Å². The second kappa shape index (κ2) is 6.77. The van der Waals surface area contributed by atoms with Crippen LogP contribution >= 0.6 is 15.9 Å². The molecule has 0 amide bonds. The molecule has 0 aliphatic carbocycles. The Labute approximate surface area is 136 Å². The van der Waals surface area contributed by atoms with E-state index in [2.05, 4.69) is 28.2 Å². The minimum atomic E-state index is -3.45. The number of nitrogens with zero attached hydrogens (tertiary/aromatic N) is 1. The van der Waals surface area contributed by atoms with Crippen molar-refractivity contribution in [1.82, 2.24) is 9.62 Å². The van der Waals surface area contributed by atoms with Crippen LogP contribution < -0.4 is 5.32 Å². The number of nitrogens with one attached hydrogen (secondary N) is 1. The predicted molar refractivity (Wildman–Crippen MR) is 88.7 cm³/mol. The Balaban J connectivity index is 2.39. The third-order valence-corrected chi connectivity index (χ3v) is 7.16. The van der Waals surface area contributed by atoms with E-state index in [0.717, 1.165) is 31.4 Å². The van der Waals surface area contributed by atoms with Gasteiger partial charge in [0.05, 0.1) is 4.90 Å². The van der Waals surface area contributed by atoms with E-state index in [0.29, 0.717) is 9.37 Å². The van der Waals surface area contributed by atoms with Gasteiger partial charge in [-0.3, -0.25) is 0 Å². The van der Waals surface area contributed by atoms with Crippen molar-refractivity contribution in [1.29, 1.82) is 0 Å². The Hall–Kier alpha value is -0.430. The van der Waals surface area contributed by atoms with Crippen LogP contribution in [0.1, 0.15) is 38.7 Å². The van der Waals surface area contributed by atoms with Gasteiger partial charge in [0.2, 0.25) is 10.0 Å². The van der Waals surface area contributed by atoms with E-state index >= 15 is 0 Å². The minimum Gasteiger partial charge on any atom is -0.316 e. The average molecular weight is 375 g/mol. The molecule has 1 aromatic carbocycles. The normalized spacial score (nSPS) is 23.6. The molecular weight excluding hydrogens is 352 g/mol. The summed E-state index contributed by atoms with van der Waals surface area (Å²) in [5.74, 6) is 0. The molecule has 0 spiro atoms. The number of hydrogen-bond donors (Lipinski definition) is 1. The molecule has 1 aliphatic rings. The van der Waals surface area contributed by atoms with E-state index in [-0.39, 0.29) is 12.1 Å². The van der Waals surface area contributed by atoms with Crippen LogP contribution in [0.15, 0.2) is 27.6 Å². The van der Waals surface area contributed by atoms with Gasteiger partial charge in [-0.1, -0.05) is 13.0 Å². The minimum absolute atomic E-state index is 0.0730. The van der Waals surface area contributed by atoms with Crippen LogP contribution in [0, 0.1) is 0 Å². The summed E-state index contributed by atoms with van der Waals surface area (Å²) in [6.45, 7) is 4.77. The number of halogens is 1. The monoisotopic (exact) mass is 374 g/mol. The van der Waals surface area contributed by atoms with Crippen molar-refractivity contribution in [2.75, 3.05) is 7.05 Å². The third-order valence-electron chi connectivity index (χ3n) is 4.12. The average Bonchev–Trinajstić information content (AvgIpc) is 2.80. The van der Waals surface area contributed by atoms with Gasteiger partial charge in [-0.2, -0.15) is 4.31 Å². The largest absolute Gasteiger partial charge is 0.316 e. The van der Waals surface area contributed by atoms with Crippen LogP contribution in [0.2, 0.25) is 0 Å². The molecule has 21 heavy (non-hydrogen) atoms. The molecule has 0 bridgehead atoms. The van der Waals surface area contributed by atoms with Crippen LogP contribution in [0.25, 0.3) is 0 Å². The van der Waals surface area contributed by atoms with Crippen LogP contribution in [-0.4, -0.2) is 31.9 Å². The van der Waals surface area contributed by atoms with Crippen molar-refractivity contribution >= 4 is 26.0 Å². The first-order chi connectivity index (χ1) is 9.91. The first kappa shape index (κ1) is 16.9. The summed E-state index contributed by atoms with van der Waals surface area (Å²) in [5, 5.41) is 3.07. The molecule has 2 unspecified atom stereocenters. The van der Waals surface area contributed by atoms with Crippen LogP contribution in [0.3, 0.4) is 0 Å². The van der Waals surface area contributed by atoms with Gasteiger partial charge in [0.15, 0.2) is 0 Å². The van der Waals surface area contributed by atoms with Gasteiger partial charge in [0.25, 0.3) is 0 Å². The Morgan fingerprint density at radius 3 is 2.67 bits per heavy atom. The maximum absolute atomic E-state index is 13.0. The first-order valence-corrected chi connectivity index (χ1v) is 9.61. The van der Waals surface area contributed by atoms with Gasteiger partial charge >= 0.3 is 0 Å². The van der Waals surface area contributed by atoms with Crippen molar-refractivity contribution in [2.24, 2.45) is 0 Å². The Kier molecular flexibility index (Phi) is 5.46. The maximum atomic E-state index is 13.0. The zero-order chi connectivity index (χ0) is 15.6. The lowest BCUT2D eigenvalue weighted by atomic mass is 10.2. The molecule has 6 heteroatoms. The second-order valence-electron chi connectivity index (χ2n) is 5.62. The lowest BCUT2D eigenvalue weighted by Crippen LogP contribution is -2.39. The predicted octanol–water partition coefficient (Wildman–Crippen LogP) is 3.12. The van der Waals surface area contributed by atoms with Crippen molar-refractivity contribution in [3.8, 4) is 0 Å². The van der Waals surface area contributed by atoms with E-state index in [9.17, 15) is 8.42 Å². The summed E-state index contributed by atoms with van der Waals surface area (Å²) in [7, 11) is -1.57. The lowest BCUT2D eigenvalue weighted by molar-refractivity contribution is 0.328. The number of hydrogen-bond acceptors (Lipinski definition) is 3. The molecule has 118 valence electrons. The van der Waals surface area contributed by atoms with Crippen LogP contribution in [0.4, 0.5) is 0 Å². The molecular formula is C15H23BrN2O2S. The van der Waals surface area contributed by atoms with Gasteiger partial charge in [-0.05, 0) is 66.9 Å². The van der Waals surface area contributed by atoms with Crippen LogP contribution in [-0.2, 0) is 16.6 Å². The van der Waals surface area contributed by atoms with Crippen molar-refractivity contribution < 1.29 is 8.42 Å². The van der Waals surface area contributed by atoms with E-state index in [1.807, 2.05) is 26.1 Å². The Morgan fingerprint density at radius 2 is 2.10 bits per heavy atom. The number of benzene rings is 1. The molecule has 1 N–H and O–H groups in total. The fourth-order valence-corrected chi connectivity index (χ4v) is 6.08. The summed E-state index contributed by atoms with van der Waals surface area (Å²) < 4.78 is 28.3. The zero-order valence-electron chi connectivity index (χ0n) is 12.8. The Morgan fingerprint density at radius 1 is 1.38 bits per heavy atom. The fraction of sp³-hybridized carbons (Fsp3) is 0.600. The van der Waals surface area contributed by atoms with Gasteiger partial charge in [-0.15, -0.1) is 0 Å². The SMILES string of the molecule is CCC1CCC(C)N1S(=O)(=O)c1ccc(CNC)cc1Br. The Bertz CT molecular complexity index is 604. The van der Waals surface area contributed by atoms with Gasteiger partial charge in [0, 0.05) is 23.1 Å². The highest BCUT2D eigenvalue weighted by Crippen LogP contribution is 2.35. The highest BCUT2D eigenvalue weighted by molar-refractivity contribution is 9.10. The number of rotatable bonds is 5. The second-order valence-corrected chi connectivity index (χ2v) is 8.28. The molecule has 0 saturated carbocycles. The highest BCUT2D eigenvalue weighted by atomic mass is 79.9. The topological polar surface area (TPSA) is 49.4 Å². The lowest BCUT2D eigenvalue weighted by Gasteiger charge is -2.27. The fourth-order valence-electron chi connectivity index (χ4n) is 3.05. The maximum Gasteiger partial charge on any atom is 0.244 e. The van der Waals surface area contributed by atoms with E-state index in [4.69, 9.17) is 0 Å². The molecule has 1 fully saturated rings. The smallest absolute Gasteiger partial charge is 0.244 e. The molecule has 0 aromatic heterocycles. The third kappa shape index (κ3) is 3.33. The quantitative estimate of drug-likeness (QED) is 0.860. The summed E-state index contributed by atoms with van der Waals surface area (Å²) in [6.07, 6.45) is 2.75. The summed E-state index contributed by atoms with van der Waals surface area (Å²) in [6, 6.07) is 5.66. The van der Waals surface area contributed by atoms with E-state index in [1.54, 1.807) is 10.4 Å². The van der Waals surface area contributed by atoms with Gasteiger partial charge in [0.1, 0.15) is 0 Å². The molecule has 1 saturated heterocycles. The first-order valence-electron chi connectivity index (χ1n) is 7.38. The zero-order valence-corrected chi connectivity index (χ0v) is 15.2. The standard InChI is InChI=1S/C15H23BrN2O2S/c1-4-13-7-5-11(2)18(13)21(19,20)15-8-6-12(10-17-3)9-14(15)16/h6,8-9,11,13,17H,4-5,7,10H2,1-3H3. The molecule has 4 nitrogen and oxygen atoms in total. The molecule has 1 aliphatic heterocycles. The molecule has 1 aromatic rings. The molecule has 1 heterocycles.